The summed E-state index contributed by atoms with van der Waals surface area (Å²) in [6.07, 6.45) is 2.06. The normalized spacial score (nSPS) is 10.4. The standard InChI is InChI=1S/C15H18N2OS/c1-19-13-5-2-11(3-6-13)14-10-12(16)4-7-15(14)17-8-9-18/h2-7,10,17-18H,8-9,16H2,1H3. The van der Waals surface area contributed by atoms with Gasteiger partial charge in [0.05, 0.1) is 6.61 Å². The van der Waals surface area contributed by atoms with Crippen LogP contribution < -0.4 is 11.1 Å². The summed E-state index contributed by atoms with van der Waals surface area (Å²) in [7, 11) is 0. The molecule has 0 bridgehead atoms. The van der Waals surface area contributed by atoms with Crippen LogP contribution in [-0.2, 0) is 0 Å². The van der Waals surface area contributed by atoms with Crippen molar-refractivity contribution in [1.29, 1.82) is 0 Å². The molecule has 0 unspecified atom stereocenters. The fourth-order valence-electron chi connectivity index (χ4n) is 1.92. The average molecular weight is 274 g/mol. The first kappa shape index (κ1) is 13.8. The van der Waals surface area contributed by atoms with E-state index in [0.717, 1.165) is 22.5 Å². The lowest BCUT2D eigenvalue weighted by molar-refractivity contribution is 0.311. The Labute approximate surface area is 117 Å². The van der Waals surface area contributed by atoms with E-state index in [1.807, 2.05) is 18.2 Å². The summed E-state index contributed by atoms with van der Waals surface area (Å²) in [6.45, 7) is 0.634. The van der Waals surface area contributed by atoms with Gasteiger partial charge in [0, 0.05) is 28.4 Å². The van der Waals surface area contributed by atoms with Crippen LogP contribution in [0.2, 0.25) is 0 Å². The zero-order valence-corrected chi connectivity index (χ0v) is 11.7. The number of thioether (sulfide) groups is 1. The van der Waals surface area contributed by atoms with Gasteiger partial charge in [0.2, 0.25) is 0 Å². The van der Waals surface area contributed by atoms with Gasteiger partial charge in [-0.2, -0.15) is 0 Å². The maximum absolute atomic E-state index is 8.92. The van der Waals surface area contributed by atoms with E-state index in [4.69, 9.17) is 10.8 Å². The third-order valence-corrected chi connectivity index (χ3v) is 3.62. The predicted molar refractivity (Wildman–Crippen MR) is 83.6 cm³/mol. The lowest BCUT2D eigenvalue weighted by Gasteiger charge is -2.12. The van der Waals surface area contributed by atoms with Gasteiger partial charge in [0.25, 0.3) is 0 Å². The van der Waals surface area contributed by atoms with Crippen LogP contribution in [-0.4, -0.2) is 24.5 Å². The molecule has 4 N–H and O–H groups in total. The summed E-state index contributed by atoms with van der Waals surface area (Å²) >= 11 is 1.72. The highest BCUT2D eigenvalue weighted by molar-refractivity contribution is 7.98. The molecule has 0 atom stereocenters. The molecule has 0 amide bonds. The topological polar surface area (TPSA) is 58.3 Å². The number of benzene rings is 2. The van der Waals surface area contributed by atoms with Gasteiger partial charge >= 0.3 is 0 Å². The minimum Gasteiger partial charge on any atom is -0.399 e. The van der Waals surface area contributed by atoms with E-state index < -0.39 is 0 Å². The molecule has 2 rings (SSSR count). The number of hydrogen-bond acceptors (Lipinski definition) is 4. The summed E-state index contributed by atoms with van der Waals surface area (Å²) < 4.78 is 0. The van der Waals surface area contributed by atoms with Gasteiger partial charge in [-0.25, -0.2) is 0 Å². The number of nitrogen functional groups attached to an aromatic ring is 1. The zero-order chi connectivity index (χ0) is 13.7. The Balaban J connectivity index is 2.37. The molecule has 2 aromatic rings. The van der Waals surface area contributed by atoms with Crippen molar-refractivity contribution in [1.82, 2.24) is 0 Å². The van der Waals surface area contributed by atoms with Crippen LogP contribution in [0.3, 0.4) is 0 Å². The Morgan fingerprint density at radius 2 is 1.89 bits per heavy atom. The molecule has 3 nitrogen and oxygen atoms in total. The van der Waals surface area contributed by atoms with E-state index in [1.165, 1.54) is 4.90 Å². The number of rotatable bonds is 5. The molecule has 100 valence electrons. The van der Waals surface area contributed by atoms with E-state index in [9.17, 15) is 0 Å². The second-order valence-electron chi connectivity index (χ2n) is 4.18. The first-order chi connectivity index (χ1) is 9.24. The van der Waals surface area contributed by atoms with Gasteiger partial charge < -0.3 is 16.2 Å². The number of aliphatic hydroxyl groups is 1. The molecule has 2 aromatic carbocycles. The highest BCUT2D eigenvalue weighted by Gasteiger charge is 2.05. The van der Waals surface area contributed by atoms with Gasteiger partial charge in [-0.1, -0.05) is 12.1 Å². The molecule has 0 spiro atoms. The number of aliphatic hydroxyl groups excluding tert-OH is 1. The summed E-state index contributed by atoms with van der Waals surface area (Å²) in [5, 5.41) is 12.1. The van der Waals surface area contributed by atoms with Crippen molar-refractivity contribution < 1.29 is 5.11 Å². The highest BCUT2D eigenvalue weighted by Crippen LogP contribution is 2.31. The monoisotopic (exact) mass is 274 g/mol. The number of anilines is 2. The molecule has 4 heteroatoms. The summed E-state index contributed by atoms with van der Waals surface area (Å²) in [4.78, 5) is 1.23. The SMILES string of the molecule is CSc1ccc(-c2cc(N)ccc2NCCO)cc1. The number of nitrogens with two attached hydrogens (primary N) is 1. The van der Waals surface area contributed by atoms with Crippen LogP contribution in [0.5, 0.6) is 0 Å². The van der Waals surface area contributed by atoms with Gasteiger partial charge in [-0.15, -0.1) is 11.8 Å². The molecular weight excluding hydrogens is 256 g/mol. The Hall–Kier alpha value is -1.65. The second kappa shape index (κ2) is 6.50. The lowest BCUT2D eigenvalue weighted by Crippen LogP contribution is -2.06. The van der Waals surface area contributed by atoms with Crippen molar-refractivity contribution >= 4 is 23.1 Å². The van der Waals surface area contributed by atoms with Gasteiger partial charge in [-0.05, 0) is 42.2 Å². The van der Waals surface area contributed by atoms with Gasteiger partial charge in [0.1, 0.15) is 0 Å². The summed E-state index contributed by atoms with van der Waals surface area (Å²) in [5.74, 6) is 0. The molecular formula is C15H18N2OS. The molecule has 19 heavy (non-hydrogen) atoms. The summed E-state index contributed by atoms with van der Waals surface area (Å²) in [6, 6.07) is 14.1. The largest absolute Gasteiger partial charge is 0.399 e. The molecule has 0 fully saturated rings. The third-order valence-electron chi connectivity index (χ3n) is 2.87. The number of nitrogens with one attached hydrogen (secondary N) is 1. The molecule has 0 aromatic heterocycles. The van der Waals surface area contributed by atoms with Crippen molar-refractivity contribution in [2.24, 2.45) is 0 Å². The predicted octanol–water partition coefficient (Wildman–Crippen LogP) is 3.06. The quantitative estimate of drug-likeness (QED) is 0.579. The molecule has 0 aliphatic rings. The summed E-state index contributed by atoms with van der Waals surface area (Å²) in [5.41, 5.74) is 9.76. The van der Waals surface area contributed by atoms with Crippen molar-refractivity contribution in [2.45, 2.75) is 4.90 Å². The maximum atomic E-state index is 8.92. The van der Waals surface area contributed by atoms with E-state index in [2.05, 4.69) is 35.8 Å². The van der Waals surface area contributed by atoms with Crippen LogP contribution in [0, 0.1) is 0 Å². The van der Waals surface area contributed by atoms with Crippen LogP contribution >= 0.6 is 11.8 Å². The zero-order valence-electron chi connectivity index (χ0n) is 10.9. The lowest BCUT2D eigenvalue weighted by atomic mass is 10.0. The van der Waals surface area contributed by atoms with Crippen molar-refractivity contribution in [2.75, 3.05) is 30.5 Å². The van der Waals surface area contributed by atoms with Crippen molar-refractivity contribution in [3.63, 3.8) is 0 Å². The van der Waals surface area contributed by atoms with E-state index in [1.54, 1.807) is 11.8 Å². The Kier molecular flexibility index (Phi) is 4.71. The average Bonchev–Trinajstić information content (AvgIpc) is 2.46. The first-order valence-electron chi connectivity index (χ1n) is 6.13. The van der Waals surface area contributed by atoms with Crippen LogP contribution in [0.25, 0.3) is 11.1 Å². The van der Waals surface area contributed by atoms with Crippen molar-refractivity contribution in [3.8, 4) is 11.1 Å². The second-order valence-corrected chi connectivity index (χ2v) is 5.06. The molecule has 0 aliphatic carbocycles. The first-order valence-corrected chi connectivity index (χ1v) is 7.35. The molecule has 0 heterocycles. The molecule has 0 saturated carbocycles. The van der Waals surface area contributed by atoms with E-state index in [0.29, 0.717) is 6.54 Å². The minimum atomic E-state index is 0.106. The molecule has 0 radical (unpaired) electrons. The fraction of sp³-hybridized carbons (Fsp3) is 0.200. The maximum Gasteiger partial charge on any atom is 0.0604 e. The highest BCUT2D eigenvalue weighted by atomic mass is 32.2. The van der Waals surface area contributed by atoms with Gasteiger partial charge in [0.15, 0.2) is 0 Å². The Morgan fingerprint density at radius 3 is 2.53 bits per heavy atom. The van der Waals surface area contributed by atoms with E-state index >= 15 is 0 Å². The Morgan fingerprint density at radius 1 is 1.16 bits per heavy atom. The van der Waals surface area contributed by atoms with Crippen LogP contribution in [0.1, 0.15) is 0 Å². The molecule has 0 aliphatic heterocycles. The fourth-order valence-corrected chi connectivity index (χ4v) is 2.32. The number of hydrogen-bond donors (Lipinski definition) is 3. The third kappa shape index (κ3) is 3.43. The Bertz CT molecular complexity index is 540. The minimum absolute atomic E-state index is 0.106. The van der Waals surface area contributed by atoms with Crippen LogP contribution in [0.15, 0.2) is 47.4 Å². The molecule has 0 saturated heterocycles. The van der Waals surface area contributed by atoms with Gasteiger partial charge in [-0.3, -0.25) is 0 Å². The van der Waals surface area contributed by atoms with E-state index in [-0.39, 0.29) is 6.61 Å². The van der Waals surface area contributed by atoms with Crippen LogP contribution in [0.4, 0.5) is 11.4 Å². The van der Waals surface area contributed by atoms with Crippen molar-refractivity contribution in [3.05, 3.63) is 42.5 Å². The smallest absolute Gasteiger partial charge is 0.0604 e.